The average molecular weight is 273 g/mol. The van der Waals surface area contributed by atoms with Crippen molar-refractivity contribution in [2.24, 2.45) is 0 Å². The summed E-state index contributed by atoms with van der Waals surface area (Å²) in [5.41, 5.74) is 2.52. The van der Waals surface area contributed by atoms with Gasteiger partial charge in [-0.1, -0.05) is 29.3 Å². The van der Waals surface area contributed by atoms with Crippen LogP contribution in [0.2, 0.25) is 0 Å². The fraction of sp³-hybridized carbons (Fsp3) is 0.471. The molecule has 1 atom stereocenters. The summed E-state index contributed by atoms with van der Waals surface area (Å²) < 4.78 is 5.64. The summed E-state index contributed by atoms with van der Waals surface area (Å²) >= 11 is 0. The summed E-state index contributed by atoms with van der Waals surface area (Å²) in [6, 6.07) is 7.74. The molecule has 0 aromatic heterocycles. The second-order valence-electron chi connectivity index (χ2n) is 5.40. The van der Waals surface area contributed by atoms with Gasteiger partial charge in [-0.2, -0.15) is 0 Å². The van der Waals surface area contributed by atoms with Crippen molar-refractivity contribution in [2.45, 2.75) is 45.6 Å². The van der Waals surface area contributed by atoms with E-state index in [1.807, 2.05) is 31.2 Å². The highest BCUT2D eigenvalue weighted by atomic mass is 16.5. The minimum atomic E-state index is -0.470. The van der Waals surface area contributed by atoms with Crippen LogP contribution in [0.25, 0.3) is 0 Å². The van der Waals surface area contributed by atoms with E-state index in [0.717, 1.165) is 18.6 Å². The van der Waals surface area contributed by atoms with Crippen molar-refractivity contribution in [1.82, 2.24) is 5.32 Å². The number of allylic oxidation sites excluding steroid dienone is 1. The van der Waals surface area contributed by atoms with Crippen LogP contribution in [0, 0.1) is 6.92 Å². The molecule has 0 heterocycles. The molecule has 108 valence electrons. The average Bonchev–Trinajstić information content (AvgIpc) is 2.48. The van der Waals surface area contributed by atoms with Crippen molar-refractivity contribution in [3.05, 3.63) is 41.5 Å². The van der Waals surface area contributed by atoms with Gasteiger partial charge in [-0.3, -0.25) is 4.79 Å². The predicted octanol–water partition coefficient (Wildman–Crippen LogP) is 3.38. The monoisotopic (exact) mass is 273 g/mol. The number of hydrogen-bond acceptors (Lipinski definition) is 2. The van der Waals surface area contributed by atoms with Gasteiger partial charge in [0.1, 0.15) is 5.75 Å². The smallest absolute Gasteiger partial charge is 0.261 e. The first-order chi connectivity index (χ1) is 9.65. The summed E-state index contributed by atoms with van der Waals surface area (Å²) in [5.74, 6) is 0.673. The molecule has 1 aliphatic rings. The molecular formula is C17H23NO2. The van der Waals surface area contributed by atoms with Crippen LogP contribution < -0.4 is 10.1 Å². The number of carbonyl (C=O) groups is 1. The number of amides is 1. The maximum Gasteiger partial charge on any atom is 0.261 e. The molecule has 3 nitrogen and oxygen atoms in total. The van der Waals surface area contributed by atoms with Gasteiger partial charge in [-0.15, -0.1) is 0 Å². The Morgan fingerprint density at radius 1 is 1.30 bits per heavy atom. The van der Waals surface area contributed by atoms with Crippen molar-refractivity contribution in [2.75, 3.05) is 6.54 Å². The van der Waals surface area contributed by atoms with Crippen molar-refractivity contribution in [3.63, 3.8) is 0 Å². The third-order valence-electron chi connectivity index (χ3n) is 3.58. The van der Waals surface area contributed by atoms with E-state index in [0.29, 0.717) is 6.54 Å². The number of benzene rings is 1. The second-order valence-corrected chi connectivity index (χ2v) is 5.40. The zero-order valence-electron chi connectivity index (χ0n) is 12.3. The number of carbonyl (C=O) groups excluding carboxylic acids is 1. The molecule has 1 aromatic carbocycles. The van der Waals surface area contributed by atoms with E-state index in [1.54, 1.807) is 6.92 Å². The number of ether oxygens (including phenoxy) is 1. The van der Waals surface area contributed by atoms with Gasteiger partial charge < -0.3 is 10.1 Å². The minimum absolute atomic E-state index is 0.0583. The Bertz CT molecular complexity index is 476. The van der Waals surface area contributed by atoms with Crippen LogP contribution in [-0.4, -0.2) is 18.6 Å². The summed E-state index contributed by atoms with van der Waals surface area (Å²) in [6.45, 7) is 4.46. The van der Waals surface area contributed by atoms with E-state index in [9.17, 15) is 4.79 Å². The fourth-order valence-corrected chi connectivity index (χ4v) is 2.28. The van der Waals surface area contributed by atoms with E-state index in [4.69, 9.17) is 4.74 Å². The van der Waals surface area contributed by atoms with Gasteiger partial charge in [0.2, 0.25) is 0 Å². The first kappa shape index (κ1) is 14.6. The van der Waals surface area contributed by atoms with E-state index in [2.05, 4.69) is 11.4 Å². The topological polar surface area (TPSA) is 38.3 Å². The molecule has 0 saturated carbocycles. The molecular weight excluding hydrogens is 250 g/mol. The lowest BCUT2D eigenvalue weighted by Crippen LogP contribution is -2.37. The van der Waals surface area contributed by atoms with Crippen molar-refractivity contribution >= 4 is 5.91 Å². The Morgan fingerprint density at radius 2 is 2.05 bits per heavy atom. The highest BCUT2D eigenvalue weighted by molar-refractivity contribution is 5.80. The van der Waals surface area contributed by atoms with Gasteiger partial charge in [-0.05, 0) is 51.7 Å². The molecule has 1 amide bonds. The number of aryl methyl sites for hydroxylation is 1. The number of nitrogens with one attached hydrogen (secondary N) is 1. The van der Waals surface area contributed by atoms with Crippen LogP contribution in [0.3, 0.4) is 0 Å². The van der Waals surface area contributed by atoms with Gasteiger partial charge in [0.05, 0.1) is 0 Å². The predicted molar refractivity (Wildman–Crippen MR) is 80.8 cm³/mol. The van der Waals surface area contributed by atoms with Crippen LogP contribution in [0.15, 0.2) is 35.9 Å². The molecule has 0 aliphatic heterocycles. The van der Waals surface area contributed by atoms with Gasteiger partial charge in [-0.25, -0.2) is 0 Å². The Kier molecular flexibility index (Phi) is 5.22. The first-order valence-electron chi connectivity index (χ1n) is 7.34. The van der Waals surface area contributed by atoms with E-state index in [1.165, 1.54) is 24.0 Å². The Morgan fingerprint density at radius 3 is 2.70 bits per heavy atom. The van der Waals surface area contributed by atoms with Gasteiger partial charge in [0, 0.05) is 6.54 Å². The summed E-state index contributed by atoms with van der Waals surface area (Å²) in [5, 5.41) is 2.95. The maximum atomic E-state index is 12.0. The Balaban J connectivity index is 1.79. The van der Waals surface area contributed by atoms with Crippen molar-refractivity contribution in [1.29, 1.82) is 0 Å². The molecule has 1 N–H and O–H groups in total. The first-order valence-corrected chi connectivity index (χ1v) is 7.34. The number of hydrogen-bond donors (Lipinski definition) is 1. The molecule has 0 fully saturated rings. The molecule has 1 aromatic rings. The van der Waals surface area contributed by atoms with Crippen LogP contribution in [0.4, 0.5) is 0 Å². The third kappa shape index (κ3) is 4.41. The molecule has 2 rings (SSSR count). The lowest BCUT2D eigenvalue weighted by Gasteiger charge is -2.17. The Labute approximate surface area is 121 Å². The van der Waals surface area contributed by atoms with Gasteiger partial charge in [0.15, 0.2) is 6.10 Å². The lowest BCUT2D eigenvalue weighted by atomic mass is 10.00. The summed E-state index contributed by atoms with van der Waals surface area (Å²) in [4.78, 5) is 12.0. The van der Waals surface area contributed by atoms with Crippen LogP contribution in [-0.2, 0) is 4.79 Å². The quantitative estimate of drug-likeness (QED) is 0.835. The standard InChI is InChI=1S/C17H23NO2/c1-13-8-10-16(11-9-13)20-14(2)17(19)18-12-15-6-4-3-5-7-15/h6,8-11,14H,3-5,7,12H2,1-2H3,(H,18,19). The fourth-order valence-electron chi connectivity index (χ4n) is 2.28. The molecule has 0 radical (unpaired) electrons. The molecule has 0 bridgehead atoms. The number of rotatable bonds is 5. The normalized spacial score (nSPS) is 16.2. The highest BCUT2D eigenvalue weighted by Crippen LogP contribution is 2.16. The SMILES string of the molecule is Cc1ccc(OC(C)C(=O)NCC2=CCCCC2)cc1. The van der Waals surface area contributed by atoms with Crippen molar-refractivity contribution < 1.29 is 9.53 Å². The molecule has 0 spiro atoms. The van der Waals surface area contributed by atoms with E-state index >= 15 is 0 Å². The molecule has 1 aliphatic carbocycles. The van der Waals surface area contributed by atoms with Crippen LogP contribution in [0.1, 0.15) is 38.2 Å². The third-order valence-corrected chi connectivity index (χ3v) is 3.58. The lowest BCUT2D eigenvalue weighted by molar-refractivity contribution is -0.127. The molecule has 20 heavy (non-hydrogen) atoms. The zero-order chi connectivity index (χ0) is 14.4. The molecule has 1 unspecified atom stereocenters. The maximum absolute atomic E-state index is 12.0. The van der Waals surface area contributed by atoms with E-state index in [-0.39, 0.29) is 5.91 Å². The largest absolute Gasteiger partial charge is 0.481 e. The second kappa shape index (κ2) is 7.13. The van der Waals surface area contributed by atoms with Gasteiger partial charge in [0.25, 0.3) is 5.91 Å². The van der Waals surface area contributed by atoms with Crippen LogP contribution >= 0.6 is 0 Å². The van der Waals surface area contributed by atoms with Crippen molar-refractivity contribution in [3.8, 4) is 5.75 Å². The van der Waals surface area contributed by atoms with E-state index < -0.39 is 6.10 Å². The zero-order valence-corrected chi connectivity index (χ0v) is 12.3. The minimum Gasteiger partial charge on any atom is -0.481 e. The summed E-state index contributed by atoms with van der Waals surface area (Å²) in [6.07, 6.45) is 6.52. The Hall–Kier alpha value is -1.77. The molecule has 0 saturated heterocycles. The summed E-state index contributed by atoms with van der Waals surface area (Å²) in [7, 11) is 0. The highest BCUT2D eigenvalue weighted by Gasteiger charge is 2.15. The van der Waals surface area contributed by atoms with Gasteiger partial charge >= 0.3 is 0 Å². The molecule has 3 heteroatoms. The van der Waals surface area contributed by atoms with Crippen LogP contribution in [0.5, 0.6) is 5.75 Å².